The van der Waals surface area contributed by atoms with Gasteiger partial charge in [0.15, 0.2) is 5.82 Å². The Hall–Kier alpha value is -3.47. The molecule has 4 aromatic rings. The highest BCUT2D eigenvalue weighted by atomic mass is 16.5. The normalized spacial score (nSPS) is 11.4. The largest absolute Gasteiger partial charge is 0.497 e. The molecule has 0 fully saturated rings. The van der Waals surface area contributed by atoms with Crippen LogP contribution in [-0.2, 0) is 0 Å². The van der Waals surface area contributed by atoms with Crippen LogP contribution in [0.25, 0.3) is 16.9 Å². The maximum atomic E-state index is 5.19. The summed E-state index contributed by atoms with van der Waals surface area (Å²) in [7, 11) is 1.64. The number of benzene rings is 2. The molecular weight excluding hydrogens is 336 g/mol. The SMILES string of the molecule is COc1ccc(N=Nc2c(-c3ccc(C)cc3)nc3ccc(C)cn23)cc1. The standard InChI is InChI=1S/C22H20N4O/c1-15-4-7-17(8-5-15)21-22(26-14-16(2)6-13-20(26)23-21)25-24-18-9-11-19(27-3)12-10-18/h4-14H,1-3H3. The van der Waals surface area contributed by atoms with Crippen molar-refractivity contribution in [1.29, 1.82) is 0 Å². The Kier molecular flexibility index (Phi) is 4.42. The van der Waals surface area contributed by atoms with E-state index in [9.17, 15) is 0 Å². The Labute approximate surface area is 158 Å². The first-order valence-corrected chi connectivity index (χ1v) is 8.75. The molecule has 0 bridgehead atoms. The van der Waals surface area contributed by atoms with Gasteiger partial charge < -0.3 is 4.74 Å². The predicted octanol–water partition coefficient (Wildman–Crippen LogP) is 6.04. The van der Waals surface area contributed by atoms with Crippen LogP contribution in [0.3, 0.4) is 0 Å². The van der Waals surface area contributed by atoms with E-state index in [1.54, 1.807) is 7.11 Å². The summed E-state index contributed by atoms with van der Waals surface area (Å²) in [5.74, 6) is 1.51. The number of rotatable bonds is 4. The van der Waals surface area contributed by atoms with Crippen molar-refractivity contribution in [3.8, 4) is 17.0 Å². The second-order valence-electron chi connectivity index (χ2n) is 6.48. The van der Waals surface area contributed by atoms with Gasteiger partial charge in [0, 0.05) is 11.8 Å². The first-order chi connectivity index (χ1) is 13.1. The zero-order valence-corrected chi connectivity index (χ0v) is 15.5. The van der Waals surface area contributed by atoms with Crippen molar-refractivity contribution < 1.29 is 4.74 Å². The molecule has 5 nitrogen and oxygen atoms in total. The monoisotopic (exact) mass is 356 g/mol. The smallest absolute Gasteiger partial charge is 0.187 e. The number of azo groups is 1. The van der Waals surface area contributed by atoms with Crippen LogP contribution in [0.5, 0.6) is 5.75 Å². The van der Waals surface area contributed by atoms with E-state index in [-0.39, 0.29) is 0 Å². The average molecular weight is 356 g/mol. The van der Waals surface area contributed by atoms with Crippen molar-refractivity contribution in [2.75, 3.05) is 7.11 Å². The summed E-state index contributed by atoms with van der Waals surface area (Å²) in [5, 5.41) is 8.96. The third kappa shape index (κ3) is 3.44. The number of fused-ring (bicyclic) bond motifs is 1. The number of hydrogen-bond donors (Lipinski definition) is 0. The van der Waals surface area contributed by atoms with Gasteiger partial charge in [-0.05, 0) is 49.7 Å². The van der Waals surface area contributed by atoms with Crippen LogP contribution in [0.2, 0.25) is 0 Å². The molecule has 2 aromatic carbocycles. The second kappa shape index (κ2) is 7.03. The van der Waals surface area contributed by atoms with E-state index in [0.29, 0.717) is 5.82 Å². The molecule has 2 heterocycles. The molecule has 0 aliphatic rings. The Morgan fingerprint density at radius 2 is 1.52 bits per heavy atom. The molecule has 27 heavy (non-hydrogen) atoms. The Bertz CT molecular complexity index is 1110. The number of aromatic nitrogens is 2. The van der Waals surface area contributed by atoms with Crippen LogP contribution in [0.4, 0.5) is 11.5 Å². The van der Waals surface area contributed by atoms with E-state index < -0.39 is 0 Å². The maximum Gasteiger partial charge on any atom is 0.187 e. The molecule has 0 N–H and O–H groups in total. The summed E-state index contributed by atoms with van der Waals surface area (Å²) in [6.45, 7) is 4.12. The Morgan fingerprint density at radius 1 is 0.815 bits per heavy atom. The third-order valence-electron chi connectivity index (χ3n) is 4.40. The summed E-state index contributed by atoms with van der Waals surface area (Å²) < 4.78 is 7.17. The number of ether oxygens (including phenoxy) is 1. The zero-order chi connectivity index (χ0) is 18.8. The minimum atomic E-state index is 0.716. The lowest BCUT2D eigenvalue weighted by Gasteiger charge is -2.02. The van der Waals surface area contributed by atoms with E-state index in [2.05, 4.69) is 48.3 Å². The molecule has 0 aliphatic carbocycles. The van der Waals surface area contributed by atoms with Gasteiger partial charge in [-0.15, -0.1) is 10.2 Å². The number of pyridine rings is 1. The number of imidazole rings is 1. The molecular formula is C22H20N4O. The molecule has 0 amide bonds. The number of methoxy groups -OCH3 is 1. The van der Waals surface area contributed by atoms with Crippen molar-refractivity contribution in [2.24, 2.45) is 10.2 Å². The molecule has 4 rings (SSSR count). The van der Waals surface area contributed by atoms with Gasteiger partial charge >= 0.3 is 0 Å². The second-order valence-corrected chi connectivity index (χ2v) is 6.48. The highest BCUT2D eigenvalue weighted by Crippen LogP contribution is 2.33. The summed E-state index contributed by atoms with van der Waals surface area (Å²) in [6.07, 6.45) is 2.03. The predicted molar refractivity (Wildman–Crippen MR) is 107 cm³/mol. The molecule has 0 unspecified atom stereocenters. The lowest BCUT2D eigenvalue weighted by Crippen LogP contribution is -1.85. The first kappa shape index (κ1) is 17.0. The van der Waals surface area contributed by atoms with Gasteiger partial charge in [0.25, 0.3) is 0 Å². The topological polar surface area (TPSA) is 51.2 Å². The summed E-state index contributed by atoms with van der Waals surface area (Å²) in [5.41, 5.74) is 5.78. The summed E-state index contributed by atoms with van der Waals surface area (Å²) in [4.78, 5) is 4.78. The quantitative estimate of drug-likeness (QED) is 0.418. The lowest BCUT2D eigenvalue weighted by molar-refractivity contribution is 0.415. The number of aryl methyl sites for hydroxylation is 2. The van der Waals surface area contributed by atoms with Crippen LogP contribution in [0, 0.1) is 13.8 Å². The van der Waals surface area contributed by atoms with Crippen LogP contribution >= 0.6 is 0 Å². The molecule has 2 aromatic heterocycles. The minimum Gasteiger partial charge on any atom is -0.497 e. The first-order valence-electron chi connectivity index (χ1n) is 8.75. The van der Waals surface area contributed by atoms with E-state index >= 15 is 0 Å². The van der Waals surface area contributed by atoms with Gasteiger partial charge in [0.2, 0.25) is 0 Å². The fourth-order valence-electron chi connectivity index (χ4n) is 2.89. The maximum absolute atomic E-state index is 5.19. The third-order valence-corrected chi connectivity index (χ3v) is 4.40. The number of hydrogen-bond acceptors (Lipinski definition) is 4. The average Bonchev–Trinajstić information content (AvgIpc) is 3.05. The summed E-state index contributed by atoms with van der Waals surface area (Å²) in [6, 6.07) is 19.8. The van der Waals surface area contributed by atoms with Crippen LogP contribution in [0.15, 0.2) is 77.1 Å². The van der Waals surface area contributed by atoms with Crippen molar-refractivity contribution in [3.05, 3.63) is 78.0 Å². The molecule has 0 aliphatic heterocycles. The van der Waals surface area contributed by atoms with Crippen LogP contribution < -0.4 is 4.74 Å². The molecule has 0 radical (unpaired) electrons. The van der Waals surface area contributed by atoms with Crippen molar-refractivity contribution in [2.45, 2.75) is 13.8 Å². The van der Waals surface area contributed by atoms with E-state index in [1.807, 2.05) is 47.0 Å². The molecule has 0 saturated carbocycles. The highest BCUT2D eigenvalue weighted by Gasteiger charge is 2.14. The van der Waals surface area contributed by atoms with E-state index in [4.69, 9.17) is 9.72 Å². The van der Waals surface area contributed by atoms with Gasteiger partial charge in [0.05, 0.1) is 12.8 Å². The molecule has 0 atom stereocenters. The van der Waals surface area contributed by atoms with Gasteiger partial charge in [-0.25, -0.2) is 4.98 Å². The minimum absolute atomic E-state index is 0.716. The highest BCUT2D eigenvalue weighted by molar-refractivity contribution is 5.74. The lowest BCUT2D eigenvalue weighted by atomic mass is 10.1. The summed E-state index contributed by atoms with van der Waals surface area (Å²) >= 11 is 0. The molecule has 0 spiro atoms. The van der Waals surface area contributed by atoms with E-state index in [1.165, 1.54) is 5.56 Å². The van der Waals surface area contributed by atoms with Crippen molar-refractivity contribution in [3.63, 3.8) is 0 Å². The van der Waals surface area contributed by atoms with E-state index in [0.717, 1.165) is 33.9 Å². The van der Waals surface area contributed by atoms with Crippen LogP contribution in [-0.4, -0.2) is 16.5 Å². The molecule has 134 valence electrons. The van der Waals surface area contributed by atoms with Crippen molar-refractivity contribution >= 4 is 17.2 Å². The molecule has 0 saturated heterocycles. The Balaban J connectivity index is 1.83. The number of nitrogens with zero attached hydrogens (tertiary/aromatic N) is 4. The van der Waals surface area contributed by atoms with Crippen LogP contribution in [0.1, 0.15) is 11.1 Å². The van der Waals surface area contributed by atoms with Gasteiger partial charge in [-0.3, -0.25) is 4.40 Å². The Morgan fingerprint density at radius 3 is 2.22 bits per heavy atom. The zero-order valence-electron chi connectivity index (χ0n) is 15.5. The fraction of sp³-hybridized carbons (Fsp3) is 0.136. The van der Waals surface area contributed by atoms with Crippen molar-refractivity contribution in [1.82, 2.24) is 9.38 Å². The van der Waals surface area contributed by atoms with Gasteiger partial charge in [-0.2, -0.15) is 0 Å². The fourth-order valence-corrected chi connectivity index (χ4v) is 2.89. The molecule has 5 heteroatoms. The van der Waals surface area contributed by atoms with Gasteiger partial charge in [0.1, 0.15) is 17.1 Å². The van der Waals surface area contributed by atoms with Gasteiger partial charge in [-0.1, -0.05) is 35.9 Å².